The highest BCUT2D eigenvalue weighted by Gasteiger charge is 2.06. The third kappa shape index (κ3) is 1.50. The van der Waals surface area contributed by atoms with Gasteiger partial charge in [-0.15, -0.1) is 6.42 Å². The molecule has 0 aliphatic rings. The first kappa shape index (κ1) is 8.03. The molecule has 0 nitrogen and oxygen atoms in total. The van der Waals surface area contributed by atoms with Crippen LogP contribution in [0.2, 0.25) is 5.02 Å². The Hall–Kier alpha value is -1.07. The highest BCUT2D eigenvalue weighted by Crippen LogP contribution is 2.19. The topological polar surface area (TPSA) is 0 Å². The molecule has 0 bridgehead atoms. The van der Waals surface area contributed by atoms with E-state index in [-0.39, 0.29) is 5.56 Å². The fraction of sp³-hybridized carbons (Fsp3) is 0. The Balaban J connectivity index is 3.35. The van der Waals surface area contributed by atoms with Gasteiger partial charge in [-0.3, -0.25) is 0 Å². The molecule has 11 heavy (non-hydrogen) atoms. The normalized spacial score (nSPS) is 9.27. The van der Waals surface area contributed by atoms with E-state index in [0.29, 0.717) is 0 Å². The van der Waals surface area contributed by atoms with Crippen LogP contribution in [0, 0.1) is 24.0 Å². The van der Waals surface area contributed by atoms with Crippen LogP contribution in [0.1, 0.15) is 5.56 Å². The molecule has 1 rings (SSSR count). The van der Waals surface area contributed by atoms with Crippen molar-refractivity contribution in [3.8, 4) is 12.3 Å². The maximum Gasteiger partial charge on any atom is 0.146 e. The van der Waals surface area contributed by atoms with E-state index in [0.717, 1.165) is 12.1 Å². The van der Waals surface area contributed by atoms with E-state index in [2.05, 4.69) is 5.92 Å². The van der Waals surface area contributed by atoms with Crippen LogP contribution >= 0.6 is 11.6 Å². The molecule has 0 saturated heterocycles. The number of terminal acetylenes is 1. The summed E-state index contributed by atoms with van der Waals surface area (Å²) in [4.78, 5) is 0. The van der Waals surface area contributed by atoms with Gasteiger partial charge in [0.15, 0.2) is 0 Å². The fourth-order valence-corrected chi connectivity index (χ4v) is 0.748. The SMILES string of the molecule is C#Cc1cc(F)c(Cl)c(F)c1. The van der Waals surface area contributed by atoms with Crippen molar-refractivity contribution in [3.05, 3.63) is 34.4 Å². The molecule has 0 radical (unpaired) electrons. The van der Waals surface area contributed by atoms with E-state index in [9.17, 15) is 8.78 Å². The maximum atomic E-state index is 12.6. The lowest BCUT2D eigenvalue weighted by molar-refractivity contribution is 0.583. The lowest BCUT2D eigenvalue weighted by Gasteiger charge is -1.96. The van der Waals surface area contributed by atoms with E-state index in [1.165, 1.54) is 0 Å². The second-order valence-electron chi connectivity index (χ2n) is 1.90. The fourth-order valence-electron chi connectivity index (χ4n) is 0.639. The van der Waals surface area contributed by atoms with Gasteiger partial charge >= 0.3 is 0 Å². The molecule has 0 heterocycles. The lowest BCUT2D eigenvalue weighted by Crippen LogP contribution is -1.85. The van der Waals surface area contributed by atoms with Crippen LogP contribution in [0.5, 0.6) is 0 Å². The van der Waals surface area contributed by atoms with Crippen molar-refractivity contribution in [1.82, 2.24) is 0 Å². The molecule has 3 heteroatoms. The van der Waals surface area contributed by atoms with Gasteiger partial charge in [0, 0.05) is 5.56 Å². The Morgan fingerprint density at radius 2 is 1.73 bits per heavy atom. The Bertz CT molecular complexity index is 302. The van der Waals surface area contributed by atoms with Gasteiger partial charge < -0.3 is 0 Å². The van der Waals surface area contributed by atoms with Crippen molar-refractivity contribution in [2.75, 3.05) is 0 Å². The van der Waals surface area contributed by atoms with Gasteiger partial charge in [-0.1, -0.05) is 17.5 Å². The Morgan fingerprint density at radius 1 is 1.27 bits per heavy atom. The second kappa shape index (κ2) is 2.89. The lowest BCUT2D eigenvalue weighted by atomic mass is 10.2. The van der Waals surface area contributed by atoms with E-state index >= 15 is 0 Å². The summed E-state index contributed by atoms with van der Waals surface area (Å²) in [5.41, 5.74) is 0.143. The number of hydrogen-bond donors (Lipinski definition) is 0. The summed E-state index contributed by atoms with van der Waals surface area (Å²) in [5.74, 6) is 0.430. The summed E-state index contributed by atoms with van der Waals surface area (Å²) in [5, 5.41) is -0.524. The zero-order valence-electron chi connectivity index (χ0n) is 5.37. The van der Waals surface area contributed by atoms with E-state index in [4.69, 9.17) is 18.0 Å². The molecule has 0 unspecified atom stereocenters. The zero-order valence-corrected chi connectivity index (χ0v) is 6.12. The summed E-state index contributed by atoms with van der Waals surface area (Å²) < 4.78 is 25.1. The van der Waals surface area contributed by atoms with Gasteiger partial charge in [-0.2, -0.15) is 0 Å². The second-order valence-corrected chi connectivity index (χ2v) is 2.28. The predicted molar refractivity (Wildman–Crippen MR) is 39.3 cm³/mol. The third-order valence-corrected chi connectivity index (χ3v) is 1.51. The predicted octanol–water partition coefficient (Wildman–Crippen LogP) is 2.60. The van der Waals surface area contributed by atoms with Crippen LogP contribution in [0.15, 0.2) is 12.1 Å². The Kier molecular flexibility index (Phi) is 2.11. The quantitative estimate of drug-likeness (QED) is 0.417. The van der Waals surface area contributed by atoms with Crippen LogP contribution < -0.4 is 0 Å². The summed E-state index contributed by atoms with van der Waals surface area (Å²) in [6.07, 6.45) is 4.91. The van der Waals surface area contributed by atoms with Gasteiger partial charge in [0.1, 0.15) is 16.7 Å². The standard InChI is InChI=1S/C8H3ClF2/c1-2-5-3-6(10)8(9)7(11)4-5/h1,3-4H. The summed E-state index contributed by atoms with van der Waals surface area (Å²) in [6, 6.07) is 2.01. The van der Waals surface area contributed by atoms with Crippen molar-refractivity contribution in [3.63, 3.8) is 0 Å². The summed E-state index contributed by atoms with van der Waals surface area (Å²) >= 11 is 5.19. The minimum Gasteiger partial charge on any atom is -0.205 e. The average Bonchev–Trinajstić information content (AvgIpc) is 1.99. The number of hydrogen-bond acceptors (Lipinski definition) is 0. The molecular weight excluding hydrogens is 170 g/mol. The Morgan fingerprint density at radius 3 is 2.09 bits per heavy atom. The average molecular weight is 173 g/mol. The molecule has 1 aromatic rings. The largest absolute Gasteiger partial charge is 0.205 e. The van der Waals surface area contributed by atoms with Crippen LogP contribution in [0.3, 0.4) is 0 Å². The number of benzene rings is 1. The first-order valence-electron chi connectivity index (χ1n) is 2.76. The molecule has 0 aliphatic heterocycles. The number of rotatable bonds is 0. The minimum atomic E-state index is -0.834. The van der Waals surface area contributed by atoms with Crippen LogP contribution in [-0.2, 0) is 0 Å². The molecule has 0 amide bonds. The molecule has 0 atom stereocenters. The van der Waals surface area contributed by atoms with Crippen molar-refractivity contribution in [2.24, 2.45) is 0 Å². The van der Waals surface area contributed by atoms with E-state index in [1.807, 2.05) is 0 Å². The van der Waals surface area contributed by atoms with E-state index in [1.54, 1.807) is 0 Å². The molecule has 0 spiro atoms. The summed E-state index contributed by atoms with van der Waals surface area (Å²) in [6.45, 7) is 0. The zero-order chi connectivity index (χ0) is 8.43. The minimum absolute atomic E-state index is 0.143. The molecule has 56 valence electrons. The smallest absolute Gasteiger partial charge is 0.146 e. The highest BCUT2D eigenvalue weighted by atomic mass is 35.5. The molecule has 1 aromatic carbocycles. The van der Waals surface area contributed by atoms with Crippen LogP contribution in [0.4, 0.5) is 8.78 Å². The van der Waals surface area contributed by atoms with Crippen molar-refractivity contribution in [1.29, 1.82) is 0 Å². The highest BCUT2D eigenvalue weighted by molar-refractivity contribution is 6.30. The molecule has 0 fully saturated rings. The molecular formula is C8H3ClF2. The van der Waals surface area contributed by atoms with Gasteiger partial charge in [0.2, 0.25) is 0 Å². The monoisotopic (exact) mass is 172 g/mol. The van der Waals surface area contributed by atoms with Crippen LogP contribution in [0.25, 0.3) is 0 Å². The van der Waals surface area contributed by atoms with E-state index < -0.39 is 16.7 Å². The van der Waals surface area contributed by atoms with Gasteiger partial charge in [0.05, 0.1) is 0 Å². The van der Waals surface area contributed by atoms with Crippen molar-refractivity contribution >= 4 is 11.6 Å². The van der Waals surface area contributed by atoms with Crippen molar-refractivity contribution in [2.45, 2.75) is 0 Å². The first-order chi connectivity index (χ1) is 5.15. The molecule has 0 aliphatic carbocycles. The number of halogens is 3. The van der Waals surface area contributed by atoms with Gasteiger partial charge in [0.25, 0.3) is 0 Å². The Labute approximate surface area is 67.8 Å². The van der Waals surface area contributed by atoms with Gasteiger partial charge in [-0.05, 0) is 12.1 Å². The third-order valence-electron chi connectivity index (χ3n) is 1.15. The molecule has 0 saturated carbocycles. The van der Waals surface area contributed by atoms with Crippen LogP contribution in [-0.4, -0.2) is 0 Å². The molecule has 0 N–H and O–H groups in total. The van der Waals surface area contributed by atoms with Crippen molar-refractivity contribution < 1.29 is 8.78 Å². The first-order valence-corrected chi connectivity index (χ1v) is 3.14. The summed E-state index contributed by atoms with van der Waals surface area (Å²) in [7, 11) is 0. The van der Waals surface area contributed by atoms with Gasteiger partial charge in [-0.25, -0.2) is 8.78 Å². The molecule has 0 aromatic heterocycles. The maximum absolute atomic E-state index is 12.6.